The molecule has 0 saturated heterocycles. The SMILES string of the molecule is CCCOc1cccc(C(O)/C2=C/CCCCCC2)c1. The second-order valence-corrected chi connectivity index (χ2v) is 5.56. The quantitative estimate of drug-likeness (QED) is 0.782. The highest BCUT2D eigenvalue weighted by Crippen LogP contribution is 2.30. The van der Waals surface area contributed by atoms with Gasteiger partial charge in [0.15, 0.2) is 0 Å². The molecule has 2 nitrogen and oxygen atoms in total. The minimum absolute atomic E-state index is 0.474. The normalized spacial score (nSPS) is 20.4. The van der Waals surface area contributed by atoms with E-state index in [1.165, 1.54) is 31.3 Å². The van der Waals surface area contributed by atoms with Gasteiger partial charge in [0.25, 0.3) is 0 Å². The van der Waals surface area contributed by atoms with Crippen LogP contribution in [0.4, 0.5) is 0 Å². The summed E-state index contributed by atoms with van der Waals surface area (Å²) in [4.78, 5) is 0. The summed E-state index contributed by atoms with van der Waals surface area (Å²) >= 11 is 0. The second kappa shape index (κ2) is 8.11. The van der Waals surface area contributed by atoms with Crippen LogP contribution in [0.1, 0.15) is 63.5 Å². The summed E-state index contributed by atoms with van der Waals surface area (Å²) in [6, 6.07) is 7.88. The Morgan fingerprint density at radius 2 is 2.05 bits per heavy atom. The van der Waals surface area contributed by atoms with Crippen LogP contribution < -0.4 is 4.74 Å². The average Bonchev–Trinajstić information content (AvgIpc) is 2.44. The highest BCUT2D eigenvalue weighted by molar-refractivity contribution is 5.33. The molecule has 20 heavy (non-hydrogen) atoms. The minimum Gasteiger partial charge on any atom is -0.494 e. The molecule has 2 rings (SSSR count). The van der Waals surface area contributed by atoms with Gasteiger partial charge in [-0.1, -0.05) is 38.0 Å². The van der Waals surface area contributed by atoms with Gasteiger partial charge in [-0.2, -0.15) is 0 Å². The van der Waals surface area contributed by atoms with E-state index < -0.39 is 6.10 Å². The van der Waals surface area contributed by atoms with E-state index in [0.29, 0.717) is 0 Å². The summed E-state index contributed by atoms with van der Waals surface area (Å²) in [7, 11) is 0. The first-order chi connectivity index (χ1) is 9.81. The number of hydrogen-bond acceptors (Lipinski definition) is 2. The number of ether oxygens (including phenoxy) is 1. The summed E-state index contributed by atoms with van der Waals surface area (Å²) in [5, 5.41) is 10.6. The number of benzene rings is 1. The topological polar surface area (TPSA) is 29.5 Å². The van der Waals surface area contributed by atoms with Crippen molar-refractivity contribution in [2.45, 2.75) is 58.0 Å². The molecule has 0 radical (unpaired) electrons. The number of allylic oxidation sites excluding steroid dienone is 1. The van der Waals surface area contributed by atoms with Gasteiger partial charge in [-0.3, -0.25) is 0 Å². The van der Waals surface area contributed by atoms with Crippen LogP contribution in [0, 0.1) is 0 Å². The standard InChI is InChI=1S/C18H26O2/c1-2-13-20-17-12-8-11-16(14-17)18(19)15-9-6-4-3-5-7-10-15/h8-9,11-12,14,18-19H,2-7,10,13H2,1H3/b15-9+. The lowest BCUT2D eigenvalue weighted by Gasteiger charge is -2.18. The fourth-order valence-corrected chi connectivity index (χ4v) is 2.67. The Hall–Kier alpha value is -1.28. The zero-order valence-corrected chi connectivity index (χ0v) is 12.5. The lowest BCUT2D eigenvalue weighted by molar-refractivity contribution is 0.208. The highest BCUT2D eigenvalue weighted by Gasteiger charge is 2.14. The van der Waals surface area contributed by atoms with E-state index in [-0.39, 0.29) is 0 Å². The lowest BCUT2D eigenvalue weighted by atomic mass is 9.93. The Balaban J connectivity index is 2.08. The van der Waals surface area contributed by atoms with E-state index in [1.807, 2.05) is 24.3 Å². The molecule has 1 atom stereocenters. The van der Waals surface area contributed by atoms with E-state index in [0.717, 1.165) is 37.2 Å². The van der Waals surface area contributed by atoms with Crippen LogP contribution in [0.15, 0.2) is 35.9 Å². The molecule has 0 fully saturated rings. The Morgan fingerprint density at radius 1 is 1.20 bits per heavy atom. The molecule has 1 aromatic carbocycles. The Bertz CT molecular complexity index is 437. The molecule has 1 N–H and O–H groups in total. The molecule has 0 heterocycles. The number of rotatable bonds is 5. The molecule has 1 aliphatic rings. The largest absolute Gasteiger partial charge is 0.494 e. The summed E-state index contributed by atoms with van der Waals surface area (Å²) in [5.74, 6) is 0.856. The molecule has 0 spiro atoms. The molecule has 2 heteroatoms. The lowest BCUT2D eigenvalue weighted by Crippen LogP contribution is -2.04. The summed E-state index contributed by atoms with van der Waals surface area (Å²) in [6.45, 7) is 2.82. The van der Waals surface area contributed by atoms with Crippen molar-refractivity contribution < 1.29 is 9.84 Å². The molecule has 0 aromatic heterocycles. The number of aliphatic hydroxyl groups is 1. The highest BCUT2D eigenvalue weighted by atomic mass is 16.5. The van der Waals surface area contributed by atoms with Crippen molar-refractivity contribution in [2.75, 3.05) is 6.61 Å². The molecular formula is C18H26O2. The van der Waals surface area contributed by atoms with E-state index >= 15 is 0 Å². The summed E-state index contributed by atoms with van der Waals surface area (Å²) in [5.41, 5.74) is 2.13. The van der Waals surface area contributed by atoms with E-state index in [2.05, 4.69) is 13.0 Å². The fraction of sp³-hybridized carbons (Fsp3) is 0.556. The molecule has 1 aliphatic carbocycles. The van der Waals surface area contributed by atoms with Crippen molar-refractivity contribution in [1.29, 1.82) is 0 Å². The van der Waals surface area contributed by atoms with Crippen LogP contribution in [0.3, 0.4) is 0 Å². The van der Waals surface area contributed by atoms with Crippen LogP contribution in [0.2, 0.25) is 0 Å². The molecule has 0 saturated carbocycles. The van der Waals surface area contributed by atoms with Gasteiger partial charge in [-0.25, -0.2) is 0 Å². The fourth-order valence-electron chi connectivity index (χ4n) is 2.67. The smallest absolute Gasteiger partial charge is 0.119 e. The van der Waals surface area contributed by atoms with Gasteiger partial charge in [0.05, 0.1) is 6.61 Å². The molecule has 1 unspecified atom stereocenters. The zero-order valence-electron chi connectivity index (χ0n) is 12.5. The first-order valence-electron chi connectivity index (χ1n) is 7.91. The minimum atomic E-state index is -0.474. The molecule has 0 bridgehead atoms. The third kappa shape index (κ3) is 4.38. The molecule has 0 aliphatic heterocycles. The van der Waals surface area contributed by atoms with Crippen molar-refractivity contribution in [3.8, 4) is 5.75 Å². The van der Waals surface area contributed by atoms with Gasteiger partial charge >= 0.3 is 0 Å². The van der Waals surface area contributed by atoms with Gasteiger partial charge in [0.2, 0.25) is 0 Å². The Kier molecular flexibility index (Phi) is 6.13. The van der Waals surface area contributed by atoms with Crippen molar-refractivity contribution in [2.24, 2.45) is 0 Å². The summed E-state index contributed by atoms with van der Waals surface area (Å²) in [6.07, 6.45) is 9.91. The van der Waals surface area contributed by atoms with Gasteiger partial charge in [0, 0.05) is 0 Å². The number of hydrogen-bond donors (Lipinski definition) is 1. The van der Waals surface area contributed by atoms with Crippen molar-refractivity contribution in [3.63, 3.8) is 0 Å². The van der Waals surface area contributed by atoms with Crippen molar-refractivity contribution in [3.05, 3.63) is 41.5 Å². The summed E-state index contributed by atoms with van der Waals surface area (Å²) < 4.78 is 5.65. The maximum absolute atomic E-state index is 10.6. The molecule has 110 valence electrons. The first-order valence-corrected chi connectivity index (χ1v) is 7.91. The monoisotopic (exact) mass is 274 g/mol. The van der Waals surface area contributed by atoms with Crippen LogP contribution in [0.5, 0.6) is 5.75 Å². The van der Waals surface area contributed by atoms with Gasteiger partial charge in [0.1, 0.15) is 11.9 Å². The predicted molar refractivity (Wildman–Crippen MR) is 83.0 cm³/mol. The van der Waals surface area contributed by atoms with Crippen LogP contribution >= 0.6 is 0 Å². The van der Waals surface area contributed by atoms with Crippen LogP contribution in [-0.4, -0.2) is 11.7 Å². The molecular weight excluding hydrogens is 248 g/mol. The Labute approximate surface area is 122 Å². The van der Waals surface area contributed by atoms with Gasteiger partial charge in [-0.15, -0.1) is 0 Å². The Morgan fingerprint density at radius 3 is 2.90 bits per heavy atom. The average molecular weight is 274 g/mol. The van der Waals surface area contributed by atoms with Crippen LogP contribution in [0.25, 0.3) is 0 Å². The van der Waals surface area contributed by atoms with Crippen LogP contribution in [-0.2, 0) is 0 Å². The van der Waals surface area contributed by atoms with Crippen molar-refractivity contribution in [1.82, 2.24) is 0 Å². The van der Waals surface area contributed by atoms with Crippen molar-refractivity contribution >= 4 is 0 Å². The third-order valence-electron chi connectivity index (χ3n) is 3.82. The van der Waals surface area contributed by atoms with E-state index in [1.54, 1.807) is 0 Å². The predicted octanol–water partition coefficient (Wildman–Crippen LogP) is 4.79. The molecule has 1 aromatic rings. The molecule has 0 amide bonds. The number of aliphatic hydroxyl groups excluding tert-OH is 1. The first kappa shape index (κ1) is 15.1. The van der Waals surface area contributed by atoms with Gasteiger partial charge in [-0.05, 0) is 55.4 Å². The van der Waals surface area contributed by atoms with E-state index in [4.69, 9.17) is 4.74 Å². The second-order valence-electron chi connectivity index (χ2n) is 5.56. The van der Waals surface area contributed by atoms with E-state index in [9.17, 15) is 5.11 Å². The zero-order chi connectivity index (χ0) is 14.2. The third-order valence-corrected chi connectivity index (χ3v) is 3.82. The van der Waals surface area contributed by atoms with Gasteiger partial charge < -0.3 is 9.84 Å². The maximum Gasteiger partial charge on any atom is 0.119 e. The maximum atomic E-state index is 10.6.